The van der Waals surface area contributed by atoms with E-state index in [-0.39, 0.29) is 0 Å². The Kier molecular flexibility index (Phi) is 5.63. The van der Waals surface area contributed by atoms with E-state index in [1.165, 1.54) is 0 Å². The van der Waals surface area contributed by atoms with Crippen LogP contribution >= 0.6 is 0 Å². The van der Waals surface area contributed by atoms with E-state index in [1.807, 2.05) is 30.9 Å². The molecule has 0 saturated heterocycles. The number of carbonyl (C=O) groups is 1. The van der Waals surface area contributed by atoms with Crippen LogP contribution in [-0.2, 0) is 11.3 Å². The molecule has 1 N–H and O–H groups in total. The van der Waals surface area contributed by atoms with Gasteiger partial charge in [0.2, 0.25) is 0 Å². The van der Waals surface area contributed by atoms with Gasteiger partial charge in [-0.3, -0.25) is 14.7 Å². The number of carboxylic acid groups (broad SMARTS) is 1. The molecule has 0 aromatic carbocycles. The van der Waals surface area contributed by atoms with Gasteiger partial charge in [-0.2, -0.15) is 0 Å². The molecule has 17 heavy (non-hydrogen) atoms. The molecule has 0 radical (unpaired) electrons. The molecule has 0 bridgehead atoms. The highest BCUT2D eigenvalue weighted by Crippen LogP contribution is 2.12. The van der Waals surface area contributed by atoms with Gasteiger partial charge in [-0.15, -0.1) is 0 Å². The van der Waals surface area contributed by atoms with Gasteiger partial charge in [0.1, 0.15) is 6.04 Å². The fraction of sp³-hybridized carbons (Fsp3) is 0.538. The van der Waals surface area contributed by atoms with Crippen molar-refractivity contribution in [1.29, 1.82) is 0 Å². The van der Waals surface area contributed by atoms with Crippen LogP contribution in [0.25, 0.3) is 0 Å². The van der Waals surface area contributed by atoms with Crippen molar-refractivity contribution >= 4 is 5.97 Å². The number of pyridine rings is 1. The van der Waals surface area contributed by atoms with E-state index in [1.54, 1.807) is 12.4 Å². The molecule has 94 valence electrons. The number of aromatic nitrogens is 1. The molecule has 4 nitrogen and oxygen atoms in total. The molecule has 0 aliphatic carbocycles. The van der Waals surface area contributed by atoms with Gasteiger partial charge < -0.3 is 5.11 Å². The summed E-state index contributed by atoms with van der Waals surface area (Å²) in [6.07, 6.45) is 5.04. The molecule has 1 rings (SSSR count). The lowest BCUT2D eigenvalue weighted by Crippen LogP contribution is -2.40. The zero-order valence-corrected chi connectivity index (χ0v) is 10.5. The lowest BCUT2D eigenvalue weighted by Gasteiger charge is -2.27. The Morgan fingerprint density at radius 2 is 2.06 bits per heavy atom. The van der Waals surface area contributed by atoms with Crippen LogP contribution in [-0.4, -0.2) is 33.5 Å². The van der Waals surface area contributed by atoms with E-state index in [4.69, 9.17) is 0 Å². The van der Waals surface area contributed by atoms with Crippen LogP contribution in [0.5, 0.6) is 0 Å². The predicted octanol–water partition coefficient (Wildman–Crippen LogP) is 2.16. The highest BCUT2D eigenvalue weighted by atomic mass is 16.4. The quantitative estimate of drug-likeness (QED) is 0.788. The van der Waals surface area contributed by atoms with E-state index in [2.05, 4.69) is 4.98 Å². The third kappa shape index (κ3) is 4.15. The molecule has 1 aromatic heterocycles. The van der Waals surface area contributed by atoms with Crippen molar-refractivity contribution in [3.05, 3.63) is 30.1 Å². The summed E-state index contributed by atoms with van der Waals surface area (Å²) >= 11 is 0. The lowest BCUT2D eigenvalue weighted by molar-refractivity contribution is -0.143. The smallest absolute Gasteiger partial charge is 0.320 e. The minimum atomic E-state index is -0.734. The van der Waals surface area contributed by atoms with E-state index >= 15 is 0 Å². The third-order valence-electron chi connectivity index (χ3n) is 2.83. The summed E-state index contributed by atoms with van der Waals surface area (Å²) in [5.41, 5.74) is 1.10. The molecule has 0 fully saturated rings. The molecule has 4 heteroatoms. The van der Waals surface area contributed by atoms with Gasteiger partial charge in [0.05, 0.1) is 0 Å². The minimum absolute atomic E-state index is 0.391. The molecule has 1 unspecified atom stereocenters. The van der Waals surface area contributed by atoms with Gasteiger partial charge in [0.15, 0.2) is 0 Å². The topological polar surface area (TPSA) is 53.4 Å². The van der Waals surface area contributed by atoms with Crippen molar-refractivity contribution in [2.45, 2.75) is 39.3 Å². The number of hydrogen-bond acceptors (Lipinski definition) is 3. The van der Waals surface area contributed by atoms with Gasteiger partial charge in [-0.05, 0) is 30.7 Å². The van der Waals surface area contributed by atoms with Crippen molar-refractivity contribution in [2.75, 3.05) is 6.54 Å². The first-order chi connectivity index (χ1) is 8.19. The third-order valence-corrected chi connectivity index (χ3v) is 2.83. The van der Waals surface area contributed by atoms with Crippen LogP contribution in [0.15, 0.2) is 24.5 Å². The van der Waals surface area contributed by atoms with Crippen molar-refractivity contribution in [3.63, 3.8) is 0 Å². The standard InChI is InChI=1S/C13H20N2O2/c1-3-5-12(13(16)17)15(4-2)10-11-6-8-14-9-7-11/h6-9,12H,3-5,10H2,1-2H3,(H,16,17). The number of rotatable bonds is 7. The molecular formula is C13H20N2O2. The molecule has 1 atom stereocenters. The van der Waals surface area contributed by atoms with Gasteiger partial charge in [-0.25, -0.2) is 0 Å². The summed E-state index contributed by atoms with van der Waals surface area (Å²) in [6.45, 7) is 5.40. The maximum Gasteiger partial charge on any atom is 0.320 e. The van der Waals surface area contributed by atoms with E-state index in [0.29, 0.717) is 13.0 Å². The predicted molar refractivity (Wildman–Crippen MR) is 66.7 cm³/mol. The van der Waals surface area contributed by atoms with Gasteiger partial charge in [0.25, 0.3) is 0 Å². The van der Waals surface area contributed by atoms with E-state index in [9.17, 15) is 9.90 Å². The first-order valence-electron chi connectivity index (χ1n) is 6.04. The maximum absolute atomic E-state index is 11.2. The van der Waals surface area contributed by atoms with Crippen molar-refractivity contribution < 1.29 is 9.90 Å². The van der Waals surface area contributed by atoms with Crippen molar-refractivity contribution in [2.24, 2.45) is 0 Å². The van der Waals surface area contributed by atoms with Crippen LogP contribution in [0.2, 0.25) is 0 Å². The normalized spacial score (nSPS) is 12.6. The fourth-order valence-electron chi connectivity index (χ4n) is 1.90. The summed E-state index contributed by atoms with van der Waals surface area (Å²) in [5.74, 6) is -0.734. The van der Waals surface area contributed by atoms with Crippen molar-refractivity contribution in [3.8, 4) is 0 Å². The van der Waals surface area contributed by atoms with Crippen LogP contribution in [0, 0.1) is 0 Å². The first kappa shape index (κ1) is 13.6. The fourth-order valence-corrected chi connectivity index (χ4v) is 1.90. The second-order valence-corrected chi connectivity index (χ2v) is 4.06. The molecule has 1 heterocycles. The molecule has 0 aliphatic heterocycles. The van der Waals surface area contributed by atoms with Crippen LogP contribution in [0.4, 0.5) is 0 Å². The van der Waals surface area contributed by atoms with Crippen molar-refractivity contribution in [1.82, 2.24) is 9.88 Å². The number of nitrogens with zero attached hydrogens (tertiary/aromatic N) is 2. The minimum Gasteiger partial charge on any atom is -0.480 e. The summed E-state index contributed by atoms with van der Waals surface area (Å²) in [4.78, 5) is 17.2. The Labute approximate surface area is 102 Å². The van der Waals surface area contributed by atoms with Crippen LogP contribution in [0.3, 0.4) is 0 Å². The Hall–Kier alpha value is -1.42. The largest absolute Gasteiger partial charge is 0.480 e. The van der Waals surface area contributed by atoms with Crippen LogP contribution < -0.4 is 0 Å². The van der Waals surface area contributed by atoms with E-state index < -0.39 is 12.0 Å². The number of hydrogen-bond donors (Lipinski definition) is 1. The molecule has 1 aromatic rings. The van der Waals surface area contributed by atoms with Gasteiger partial charge in [-0.1, -0.05) is 20.3 Å². The second kappa shape index (κ2) is 7.01. The SMILES string of the molecule is CCCC(C(=O)O)N(CC)Cc1ccncc1. The Morgan fingerprint density at radius 3 is 2.53 bits per heavy atom. The number of carboxylic acids is 1. The van der Waals surface area contributed by atoms with Gasteiger partial charge in [0, 0.05) is 18.9 Å². The molecule has 0 aliphatic rings. The highest BCUT2D eigenvalue weighted by molar-refractivity contribution is 5.73. The van der Waals surface area contributed by atoms with E-state index in [0.717, 1.165) is 18.5 Å². The maximum atomic E-state index is 11.2. The zero-order valence-electron chi connectivity index (χ0n) is 10.5. The average molecular weight is 236 g/mol. The zero-order chi connectivity index (χ0) is 12.7. The summed E-state index contributed by atoms with van der Waals surface area (Å²) in [5, 5.41) is 9.23. The van der Waals surface area contributed by atoms with Gasteiger partial charge >= 0.3 is 5.97 Å². The number of likely N-dealkylation sites (N-methyl/N-ethyl adjacent to an activating group) is 1. The summed E-state index contributed by atoms with van der Waals surface area (Å²) in [6, 6.07) is 3.46. The number of aliphatic carboxylic acids is 1. The summed E-state index contributed by atoms with van der Waals surface area (Å²) < 4.78 is 0. The Bertz CT molecular complexity index is 341. The average Bonchev–Trinajstić information content (AvgIpc) is 2.34. The highest BCUT2D eigenvalue weighted by Gasteiger charge is 2.23. The monoisotopic (exact) mass is 236 g/mol. The molecule has 0 spiro atoms. The Balaban J connectivity index is 2.72. The van der Waals surface area contributed by atoms with Crippen LogP contribution in [0.1, 0.15) is 32.3 Å². The summed E-state index contributed by atoms with van der Waals surface area (Å²) in [7, 11) is 0. The lowest BCUT2D eigenvalue weighted by atomic mass is 10.1. The molecule has 0 amide bonds. The first-order valence-corrected chi connectivity index (χ1v) is 6.04. The molecule has 0 saturated carbocycles. The Morgan fingerprint density at radius 1 is 1.41 bits per heavy atom. The second-order valence-electron chi connectivity index (χ2n) is 4.06. The molecular weight excluding hydrogens is 216 g/mol.